The second-order valence-corrected chi connectivity index (χ2v) is 7.20. The van der Waals surface area contributed by atoms with Crippen molar-refractivity contribution in [3.8, 4) is 27.7 Å². The van der Waals surface area contributed by atoms with Crippen molar-refractivity contribution in [2.45, 2.75) is 0 Å². The summed E-state index contributed by atoms with van der Waals surface area (Å²) in [6, 6.07) is 22.4. The number of fused-ring (bicyclic) bond motifs is 1. The Kier molecular flexibility index (Phi) is 4.83. The normalized spacial score (nSPS) is 11.1. The molecule has 4 aromatic rings. The second kappa shape index (κ2) is 7.58. The molecule has 0 aliphatic heterocycles. The predicted octanol–water partition coefficient (Wildman–Crippen LogP) is 6.16. The number of aliphatic carboxylic acids is 1. The van der Waals surface area contributed by atoms with Crippen molar-refractivity contribution in [1.82, 2.24) is 0 Å². The van der Waals surface area contributed by atoms with E-state index in [0.29, 0.717) is 5.75 Å². The van der Waals surface area contributed by atoms with Gasteiger partial charge in [-0.05, 0) is 47.5 Å². The summed E-state index contributed by atoms with van der Waals surface area (Å²) in [5.74, 6) is 0.618. The maximum Gasteiger partial charge on any atom is 0.328 e. The molecule has 0 bridgehead atoms. The number of carbonyl (C=O) groups is 1. The van der Waals surface area contributed by atoms with Crippen LogP contribution in [0.25, 0.3) is 26.6 Å². The van der Waals surface area contributed by atoms with Crippen LogP contribution in [0.5, 0.6) is 17.2 Å². The fourth-order valence-electron chi connectivity index (χ4n) is 2.87. The molecule has 1 heterocycles. The molecule has 1 aromatic heterocycles. The fourth-order valence-corrected chi connectivity index (χ4v) is 4.04. The molecule has 0 radical (unpaired) electrons. The van der Waals surface area contributed by atoms with Gasteiger partial charge in [0.2, 0.25) is 0 Å². The van der Waals surface area contributed by atoms with Crippen molar-refractivity contribution in [2.75, 3.05) is 0 Å². The summed E-state index contributed by atoms with van der Waals surface area (Å²) in [4.78, 5) is 11.6. The minimum atomic E-state index is -0.985. The van der Waals surface area contributed by atoms with Gasteiger partial charge in [-0.1, -0.05) is 42.5 Å². The third-order valence-electron chi connectivity index (χ3n) is 4.18. The lowest BCUT2D eigenvalue weighted by Gasteiger charge is -2.08. The number of phenolic OH excluding ortho intramolecular Hbond substituents is 1. The number of rotatable bonds is 5. The Bertz CT molecular complexity index is 1160. The Labute approximate surface area is 165 Å². The molecule has 0 amide bonds. The largest absolute Gasteiger partial charge is 0.508 e. The van der Waals surface area contributed by atoms with Gasteiger partial charge >= 0.3 is 5.97 Å². The summed E-state index contributed by atoms with van der Waals surface area (Å²) in [6.45, 7) is 0. The Morgan fingerprint density at radius 1 is 0.964 bits per heavy atom. The van der Waals surface area contributed by atoms with Crippen molar-refractivity contribution < 1.29 is 19.7 Å². The van der Waals surface area contributed by atoms with Gasteiger partial charge in [0.15, 0.2) is 5.75 Å². The average molecular weight is 388 g/mol. The highest BCUT2D eigenvalue weighted by atomic mass is 32.1. The van der Waals surface area contributed by atoms with E-state index in [9.17, 15) is 9.90 Å². The number of benzene rings is 3. The first kappa shape index (κ1) is 17.8. The molecule has 4 rings (SSSR count). The van der Waals surface area contributed by atoms with Gasteiger partial charge in [-0.25, -0.2) is 4.79 Å². The minimum absolute atomic E-state index is 0.217. The van der Waals surface area contributed by atoms with Crippen LogP contribution in [0.15, 0.2) is 78.9 Å². The van der Waals surface area contributed by atoms with Crippen LogP contribution in [-0.4, -0.2) is 16.2 Å². The number of carboxylic acid groups (broad SMARTS) is 1. The van der Waals surface area contributed by atoms with Gasteiger partial charge in [-0.3, -0.25) is 0 Å². The van der Waals surface area contributed by atoms with Crippen molar-refractivity contribution in [2.24, 2.45) is 0 Å². The molecule has 4 nitrogen and oxygen atoms in total. The molecule has 0 fully saturated rings. The first-order chi connectivity index (χ1) is 13.6. The van der Waals surface area contributed by atoms with Crippen LogP contribution in [0.1, 0.15) is 5.56 Å². The summed E-state index contributed by atoms with van der Waals surface area (Å²) in [5, 5.41) is 19.5. The Balaban J connectivity index is 1.74. The molecular formula is C23H16O4S. The van der Waals surface area contributed by atoms with Crippen molar-refractivity contribution in [1.29, 1.82) is 0 Å². The van der Waals surface area contributed by atoms with Gasteiger partial charge in [-0.2, -0.15) is 0 Å². The molecular weight excluding hydrogens is 372 g/mol. The Morgan fingerprint density at radius 3 is 2.43 bits per heavy atom. The quantitative estimate of drug-likeness (QED) is 0.402. The van der Waals surface area contributed by atoms with Crippen LogP contribution in [0.2, 0.25) is 0 Å². The number of phenols is 1. The summed E-state index contributed by atoms with van der Waals surface area (Å²) in [5.41, 5.74) is 1.82. The summed E-state index contributed by atoms with van der Waals surface area (Å²) in [7, 11) is 0. The monoisotopic (exact) mass is 388 g/mol. The molecule has 0 unspecified atom stereocenters. The Hall–Kier alpha value is -3.57. The third kappa shape index (κ3) is 3.75. The van der Waals surface area contributed by atoms with Crippen molar-refractivity contribution >= 4 is 33.5 Å². The van der Waals surface area contributed by atoms with Crippen LogP contribution < -0.4 is 4.74 Å². The third-order valence-corrected chi connectivity index (χ3v) is 5.37. The number of hydrogen-bond acceptors (Lipinski definition) is 4. The smallest absolute Gasteiger partial charge is 0.328 e. The molecule has 0 spiro atoms. The maximum absolute atomic E-state index is 10.6. The first-order valence-corrected chi connectivity index (χ1v) is 9.42. The lowest BCUT2D eigenvalue weighted by molar-refractivity contribution is -0.131. The van der Waals surface area contributed by atoms with Crippen LogP contribution >= 0.6 is 11.3 Å². The van der Waals surface area contributed by atoms with Crippen molar-refractivity contribution in [3.05, 3.63) is 84.4 Å². The highest BCUT2D eigenvalue weighted by Gasteiger charge is 2.16. The number of carboxylic acids is 1. The van der Waals surface area contributed by atoms with E-state index in [4.69, 9.17) is 9.84 Å². The number of aromatic hydroxyl groups is 1. The molecule has 0 aliphatic rings. The minimum Gasteiger partial charge on any atom is -0.508 e. The zero-order valence-electron chi connectivity index (χ0n) is 14.7. The Morgan fingerprint density at radius 2 is 1.71 bits per heavy atom. The van der Waals surface area contributed by atoms with E-state index in [2.05, 4.69) is 0 Å². The van der Waals surface area contributed by atoms with Gasteiger partial charge in [0.05, 0.1) is 4.88 Å². The van der Waals surface area contributed by atoms with Crippen LogP contribution in [-0.2, 0) is 4.79 Å². The molecule has 0 saturated heterocycles. The molecule has 28 heavy (non-hydrogen) atoms. The van der Waals surface area contributed by atoms with E-state index in [1.54, 1.807) is 47.7 Å². The van der Waals surface area contributed by atoms with Gasteiger partial charge in [0, 0.05) is 16.2 Å². The van der Waals surface area contributed by atoms with Crippen molar-refractivity contribution in [3.63, 3.8) is 0 Å². The first-order valence-electron chi connectivity index (χ1n) is 8.60. The predicted molar refractivity (Wildman–Crippen MR) is 112 cm³/mol. The number of thiophene rings is 1. The van der Waals surface area contributed by atoms with Gasteiger partial charge < -0.3 is 14.9 Å². The highest BCUT2D eigenvalue weighted by molar-refractivity contribution is 7.22. The highest BCUT2D eigenvalue weighted by Crippen LogP contribution is 2.47. The lowest BCUT2D eigenvalue weighted by atomic mass is 10.1. The van der Waals surface area contributed by atoms with E-state index in [1.165, 1.54) is 6.08 Å². The summed E-state index contributed by atoms with van der Waals surface area (Å²) >= 11 is 1.56. The lowest BCUT2D eigenvalue weighted by Crippen LogP contribution is -1.87. The van der Waals surface area contributed by atoms with Crippen LogP contribution in [0.4, 0.5) is 0 Å². The van der Waals surface area contributed by atoms with Crippen LogP contribution in [0, 0.1) is 0 Å². The van der Waals surface area contributed by atoms with E-state index in [1.807, 2.05) is 36.4 Å². The molecule has 5 heteroatoms. The zero-order chi connectivity index (χ0) is 19.5. The fraction of sp³-hybridized carbons (Fsp3) is 0. The average Bonchev–Trinajstić information content (AvgIpc) is 3.05. The van der Waals surface area contributed by atoms with E-state index in [0.717, 1.165) is 37.9 Å². The maximum atomic E-state index is 10.6. The summed E-state index contributed by atoms with van der Waals surface area (Å²) < 4.78 is 7.17. The number of ether oxygens (including phenoxy) is 1. The van der Waals surface area contributed by atoms with Gasteiger partial charge in [-0.15, -0.1) is 11.3 Å². The zero-order valence-corrected chi connectivity index (χ0v) is 15.5. The molecule has 3 aromatic carbocycles. The standard InChI is InChI=1S/C23H16O4S/c24-17-9-12-19-20(14-17)28-23(16-4-2-1-3-5-16)22(19)27-18-10-6-15(7-11-18)8-13-21(25)26/h1-14,24H,(H,25,26). The molecule has 0 atom stereocenters. The van der Waals surface area contributed by atoms with E-state index < -0.39 is 5.97 Å². The van der Waals surface area contributed by atoms with Gasteiger partial charge in [0.25, 0.3) is 0 Å². The topological polar surface area (TPSA) is 66.8 Å². The SMILES string of the molecule is O=C(O)C=Cc1ccc(Oc2c(-c3ccccc3)sc3cc(O)ccc23)cc1. The number of hydrogen-bond donors (Lipinski definition) is 2. The summed E-state index contributed by atoms with van der Waals surface area (Å²) in [6.07, 6.45) is 2.63. The van der Waals surface area contributed by atoms with E-state index in [-0.39, 0.29) is 5.75 Å². The molecule has 138 valence electrons. The molecule has 0 aliphatic carbocycles. The van der Waals surface area contributed by atoms with E-state index >= 15 is 0 Å². The van der Waals surface area contributed by atoms with Gasteiger partial charge in [0.1, 0.15) is 11.5 Å². The molecule has 2 N–H and O–H groups in total. The van der Waals surface area contributed by atoms with Crippen LogP contribution in [0.3, 0.4) is 0 Å². The molecule has 0 saturated carbocycles. The second-order valence-electron chi connectivity index (χ2n) is 6.15.